The van der Waals surface area contributed by atoms with Crippen molar-refractivity contribution in [3.63, 3.8) is 0 Å². The zero-order valence-corrected chi connectivity index (χ0v) is 9.38. The lowest BCUT2D eigenvalue weighted by atomic mass is 10.1. The summed E-state index contributed by atoms with van der Waals surface area (Å²) >= 11 is 5.68. The Balaban J connectivity index is 2.92. The Morgan fingerprint density at radius 3 is 2.36 bits per heavy atom. The third-order valence-corrected chi connectivity index (χ3v) is 1.43. The summed E-state index contributed by atoms with van der Waals surface area (Å²) in [6.45, 7) is 5.99. The smallest absolute Gasteiger partial charge is 0.322 e. The highest BCUT2D eigenvalue weighted by Crippen LogP contribution is 2.14. The summed E-state index contributed by atoms with van der Waals surface area (Å²) in [6, 6.07) is 0.205. The number of nitrogens with zero attached hydrogens (tertiary/aromatic N) is 3. The Kier molecular flexibility index (Phi) is 3.10. The van der Waals surface area contributed by atoms with Gasteiger partial charge >= 0.3 is 6.01 Å². The van der Waals surface area contributed by atoms with E-state index in [1.165, 1.54) is 7.11 Å². The third-order valence-electron chi connectivity index (χ3n) is 1.26. The van der Waals surface area contributed by atoms with E-state index in [0.29, 0.717) is 5.95 Å². The van der Waals surface area contributed by atoms with Crippen molar-refractivity contribution in [2.75, 3.05) is 12.4 Å². The molecule has 1 heterocycles. The average molecular weight is 217 g/mol. The van der Waals surface area contributed by atoms with E-state index in [1.54, 1.807) is 0 Å². The maximum Gasteiger partial charge on any atom is 0.322 e. The van der Waals surface area contributed by atoms with E-state index >= 15 is 0 Å². The molecule has 1 rings (SSSR count). The molecule has 0 aliphatic heterocycles. The number of anilines is 1. The van der Waals surface area contributed by atoms with E-state index < -0.39 is 0 Å². The standard InChI is InChI=1S/C8H13ClN4O/c1-8(2,3)13-6-10-5(9)11-7(12-6)14-4/h1-4H3,(H,10,11,12,13). The van der Waals surface area contributed by atoms with Crippen LogP contribution in [0.2, 0.25) is 5.28 Å². The van der Waals surface area contributed by atoms with Gasteiger partial charge in [-0.3, -0.25) is 0 Å². The molecule has 0 amide bonds. The Morgan fingerprint density at radius 1 is 1.21 bits per heavy atom. The van der Waals surface area contributed by atoms with Crippen LogP contribution in [0.15, 0.2) is 0 Å². The second kappa shape index (κ2) is 3.96. The molecule has 0 bridgehead atoms. The second-order valence-corrected chi connectivity index (χ2v) is 4.13. The highest BCUT2D eigenvalue weighted by atomic mass is 35.5. The molecule has 6 heteroatoms. The Morgan fingerprint density at radius 2 is 1.86 bits per heavy atom. The van der Waals surface area contributed by atoms with Crippen LogP contribution >= 0.6 is 11.6 Å². The predicted molar refractivity (Wildman–Crippen MR) is 54.8 cm³/mol. The average Bonchev–Trinajstić information content (AvgIpc) is 1.99. The first-order valence-electron chi connectivity index (χ1n) is 4.14. The van der Waals surface area contributed by atoms with Gasteiger partial charge in [-0.1, -0.05) is 0 Å². The fourth-order valence-corrected chi connectivity index (χ4v) is 0.967. The molecule has 0 radical (unpaired) electrons. The van der Waals surface area contributed by atoms with E-state index in [9.17, 15) is 0 Å². The highest BCUT2D eigenvalue weighted by molar-refractivity contribution is 6.28. The van der Waals surface area contributed by atoms with Crippen LogP contribution in [0.25, 0.3) is 0 Å². The molecule has 1 N–H and O–H groups in total. The van der Waals surface area contributed by atoms with E-state index in [4.69, 9.17) is 16.3 Å². The fraction of sp³-hybridized carbons (Fsp3) is 0.625. The molecule has 1 aromatic rings. The minimum atomic E-state index is -0.129. The molecule has 0 atom stereocenters. The van der Waals surface area contributed by atoms with E-state index in [2.05, 4.69) is 20.3 Å². The molecule has 0 saturated heterocycles. The molecular formula is C8H13ClN4O. The van der Waals surface area contributed by atoms with Gasteiger partial charge in [0, 0.05) is 5.54 Å². The van der Waals surface area contributed by atoms with Gasteiger partial charge < -0.3 is 10.1 Å². The van der Waals surface area contributed by atoms with Crippen molar-refractivity contribution in [2.24, 2.45) is 0 Å². The monoisotopic (exact) mass is 216 g/mol. The molecule has 5 nitrogen and oxygen atoms in total. The fourth-order valence-electron chi connectivity index (χ4n) is 0.815. The van der Waals surface area contributed by atoms with Crippen LogP contribution in [0.5, 0.6) is 6.01 Å². The SMILES string of the molecule is COc1nc(Cl)nc(NC(C)(C)C)n1. The van der Waals surface area contributed by atoms with Gasteiger partial charge in [0.15, 0.2) is 0 Å². The number of halogens is 1. The van der Waals surface area contributed by atoms with Gasteiger partial charge in [0.05, 0.1) is 7.11 Å². The molecule has 0 aromatic carbocycles. The third kappa shape index (κ3) is 3.33. The van der Waals surface area contributed by atoms with E-state index in [0.717, 1.165) is 0 Å². The quantitative estimate of drug-likeness (QED) is 0.816. The van der Waals surface area contributed by atoms with Crippen LogP contribution in [0.3, 0.4) is 0 Å². The first kappa shape index (κ1) is 11.0. The number of methoxy groups -OCH3 is 1. The molecule has 0 unspecified atom stereocenters. The molecule has 0 aliphatic carbocycles. The number of hydrogen-bond donors (Lipinski definition) is 1. The number of ether oxygens (including phenoxy) is 1. The Hall–Kier alpha value is -1.10. The van der Waals surface area contributed by atoms with Crippen molar-refractivity contribution in [1.82, 2.24) is 15.0 Å². The topological polar surface area (TPSA) is 59.9 Å². The summed E-state index contributed by atoms with van der Waals surface area (Å²) in [7, 11) is 1.48. The van der Waals surface area contributed by atoms with Crippen LogP contribution < -0.4 is 10.1 Å². The van der Waals surface area contributed by atoms with Crippen molar-refractivity contribution < 1.29 is 4.74 Å². The van der Waals surface area contributed by atoms with Crippen LogP contribution in [-0.4, -0.2) is 27.6 Å². The van der Waals surface area contributed by atoms with Gasteiger partial charge in [-0.05, 0) is 32.4 Å². The summed E-state index contributed by atoms with van der Waals surface area (Å²) in [6.07, 6.45) is 0. The molecule has 0 aliphatic rings. The largest absolute Gasteiger partial charge is 0.467 e. The van der Waals surface area contributed by atoms with Crippen LogP contribution in [0, 0.1) is 0 Å². The van der Waals surface area contributed by atoms with Gasteiger partial charge in [0.1, 0.15) is 0 Å². The van der Waals surface area contributed by atoms with E-state index in [1.807, 2.05) is 20.8 Å². The van der Waals surface area contributed by atoms with Crippen molar-refractivity contribution in [1.29, 1.82) is 0 Å². The maximum absolute atomic E-state index is 5.68. The molecule has 1 aromatic heterocycles. The maximum atomic E-state index is 5.68. The lowest BCUT2D eigenvalue weighted by Crippen LogP contribution is -2.27. The number of aromatic nitrogens is 3. The molecule has 14 heavy (non-hydrogen) atoms. The van der Waals surface area contributed by atoms with Crippen molar-refractivity contribution >= 4 is 17.5 Å². The summed E-state index contributed by atoms with van der Waals surface area (Å²) in [5.74, 6) is 0.411. The van der Waals surface area contributed by atoms with Crippen molar-refractivity contribution in [3.05, 3.63) is 5.28 Å². The second-order valence-electron chi connectivity index (χ2n) is 3.79. The predicted octanol–water partition coefficient (Wildman–Crippen LogP) is 1.74. The molecule has 0 spiro atoms. The number of nitrogens with one attached hydrogen (secondary N) is 1. The molecule has 0 fully saturated rings. The lowest BCUT2D eigenvalue weighted by Gasteiger charge is -2.20. The Bertz CT molecular complexity index is 324. The minimum Gasteiger partial charge on any atom is -0.467 e. The van der Waals surface area contributed by atoms with Gasteiger partial charge in [0.25, 0.3) is 0 Å². The lowest BCUT2D eigenvalue weighted by molar-refractivity contribution is 0.378. The number of hydrogen-bond acceptors (Lipinski definition) is 5. The normalized spacial score (nSPS) is 11.2. The van der Waals surface area contributed by atoms with Crippen LogP contribution in [0.4, 0.5) is 5.95 Å². The Labute approximate surface area is 87.9 Å². The zero-order valence-electron chi connectivity index (χ0n) is 8.63. The summed E-state index contributed by atoms with van der Waals surface area (Å²) in [5, 5.41) is 3.18. The van der Waals surface area contributed by atoms with Gasteiger partial charge in [-0.15, -0.1) is 0 Å². The molecule has 0 saturated carbocycles. The highest BCUT2D eigenvalue weighted by Gasteiger charge is 2.13. The van der Waals surface area contributed by atoms with Crippen molar-refractivity contribution in [3.8, 4) is 6.01 Å². The van der Waals surface area contributed by atoms with Gasteiger partial charge in [0.2, 0.25) is 11.2 Å². The number of rotatable bonds is 2. The molecular weight excluding hydrogens is 204 g/mol. The van der Waals surface area contributed by atoms with Crippen molar-refractivity contribution in [2.45, 2.75) is 26.3 Å². The summed E-state index contributed by atoms with van der Waals surface area (Å²) in [4.78, 5) is 11.7. The van der Waals surface area contributed by atoms with E-state index in [-0.39, 0.29) is 16.8 Å². The first-order chi connectivity index (χ1) is 6.40. The van der Waals surface area contributed by atoms with Gasteiger partial charge in [-0.25, -0.2) is 0 Å². The first-order valence-corrected chi connectivity index (χ1v) is 4.52. The van der Waals surface area contributed by atoms with Crippen LogP contribution in [-0.2, 0) is 0 Å². The molecule has 78 valence electrons. The summed E-state index contributed by atoms with van der Waals surface area (Å²) < 4.78 is 4.86. The van der Waals surface area contributed by atoms with Gasteiger partial charge in [-0.2, -0.15) is 15.0 Å². The minimum absolute atomic E-state index is 0.114. The zero-order chi connectivity index (χ0) is 10.8. The van der Waals surface area contributed by atoms with Crippen LogP contribution in [0.1, 0.15) is 20.8 Å². The summed E-state index contributed by atoms with van der Waals surface area (Å²) in [5.41, 5.74) is -0.129.